The Balaban J connectivity index is 2.29. The molecule has 0 fully saturated rings. The van der Waals surface area contributed by atoms with E-state index in [2.05, 4.69) is 0 Å². The number of aromatic hydroxyl groups is 1. The maximum atomic E-state index is 10.6. The van der Waals surface area contributed by atoms with E-state index in [1.54, 1.807) is 6.07 Å². The maximum absolute atomic E-state index is 10.6. The lowest BCUT2D eigenvalue weighted by atomic mass is 9.83. The van der Waals surface area contributed by atoms with Gasteiger partial charge in [0.2, 0.25) is 0 Å². The highest BCUT2D eigenvalue weighted by Gasteiger charge is 2.70. The van der Waals surface area contributed by atoms with Crippen LogP contribution in [0, 0.1) is 0 Å². The molecule has 0 radical (unpaired) electrons. The molecule has 0 saturated heterocycles. The minimum atomic E-state index is -3.55. The Morgan fingerprint density at radius 1 is 0.773 bits per heavy atom. The quantitative estimate of drug-likeness (QED) is 0.390. The van der Waals surface area contributed by atoms with E-state index in [1.165, 1.54) is 36.4 Å². The van der Waals surface area contributed by atoms with E-state index in [9.17, 15) is 30.6 Å². The number of aliphatic hydroxyl groups is 5. The van der Waals surface area contributed by atoms with E-state index >= 15 is 0 Å². The zero-order valence-electron chi connectivity index (χ0n) is 11.2. The molecule has 6 N–H and O–H groups in total. The molecule has 1 aliphatic heterocycles. The zero-order chi connectivity index (χ0) is 16.2. The van der Waals surface area contributed by atoms with Crippen molar-refractivity contribution in [1.82, 2.24) is 0 Å². The van der Waals surface area contributed by atoms with Gasteiger partial charge in [-0.15, -0.1) is 0 Å². The third-order valence-electron chi connectivity index (χ3n) is 3.73. The number of hydrogen-bond acceptors (Lipinski definition) is 7. The van der Waals surface area contributed by atoms with Gasteiger partial charge >= 0.3 is 0 Å². The summed E-state index contributed by atoms with van der Waals surface area (Å²) in [5.41, 5.74) is -0.762. The lowest BCUT2D eigenvalue weighted by molar-refractivity contribution is -0.468. The van der Waals surface area contributed by atoms with Crippen molar-refractivity contribution < 1.29 is 35.4 Å². The summed E-state index contributed by atoms with van der Waals surface area (Å²) in [4.78, 5) is 0. The Morgan fingerprint density at radius 3 is 2.05 bits per heavy atom. The molecule has 0 aliphatic carbocycles. The van der Waals surface area contributed by atoms with Crippen LogP contribution in [0.1, 0.15) is 11.1 Å². The summed E-state index contributed by atoms with van der Waals surface area (Å²) >= 11 is 0. The molecule has 3 rings (SSSR count). The van der Waals surface area contributed by atoms with Crippen LogP contribution in [0.15, 0.2) is 48.5 Å². The highest BCUT2D eigenvalue weighted by molar-refractivity contribution is 5.51. The molecule has 2 aromatic carbocycles. The van der Waals surface area contributed by atoms with Crippen molar-refractivity contribution in [3.05, 3.63) is 59.7 Å². The van der Waals surface area contributed by atoms with Crippen LogP contribution in [0.25, 0.3) is 0 Å². The van der Waals surface area contributed by atoms with Gasteiger partial charge in [0.1, 0.15) is 17.1 Å². The van der Waals surface area contributed by atoms with E-state index < -0.39 is 28.7 Å². The summed E-state index contributed by atoms with van der Waals surface area (Å²) in [6.07, 6.45) is 0. The van der Waals surface area contributed by atoms with Crippen molar-refractivity contribution >= 4 is 0 Å². The third kappa shape index (κ3) is 1.68. The SMILES string of the molecule is Oc1cccc2c1C(O)(O)C(O)(O)C(O)(c1ccccc1)O2. The van der Waals surface area contributed by atoms with Gasteiger partial charge in [-0.2, -0.15) is 0 Å². The Bertz CT molecular complexity index is 711. The third-order valence-corrected chi connectivity index (χ3v) is 3.73. The first kappa shape index (κ1) is 14.8. The molecule has 0 spiro atoms. The molecule has 1 unspecified atom stereocenters. The highest BCUT2D eigenvalue weighted by Crippen LogP contribution is 2.53. The molecule has 0 bridgehead atoms. The largest absolute Gasteiger partial charge is 0.507 e. The molecule has 1 aliphatic rings. The molecule has 22 heavy (non-hydrogen) atoms. The molecule has 1 heterocycles. The molecule has 1 atom stereocenters. The van der Waals surface area contributed by atoms with Gasteiger partial charge in [0.15, 0.2) is 0 Å². The van der Waals surface area contributed by atoms with E-state index in [4.69, 9.17) is 4.74 Å². The second-order valence-corrected chi connectivity index (χ2v) is 5.11. The van der Waals surface area contributed by atoms with Crippen LogP contribution in [0.5, 0.6) is 11.5 Å². The summed E-state index contributed by atoms with van der Waals surface area (Å²) in [6.45, 7) is 0. The molecular formula is C15H14O7. The van der Waals surface area contributed by atoms with Gasteiger partial charge in [-0.1, -0.05) is 36.4 Å². The van der Waals surface area contributed by atoms with Gasteiger partial charge in [0, 0.05) is 5.56 Å². The first-order valence-corrected chi connectivity index (χ1v) is 6.40. The summed E-state index contributed by atoms with van der Waals surface area (Å²) < 4.78 is 5.21. The van der Waals surface area contributed by atoms with E-state index in [0.29, 0.717) is 0 Å². The van der Waals surface area contributed by atoms with Crippen LogP contribution in [-0.4, -0.2) is 36.4 Å². The average Bonchev–Trinajstić information content (AvgIpc) is 2.46. The van der Waals surface area contributed by atoms with Gasteiger partial charge in [-0.3, -0.25) is 0 Å². The Hall–Kier alpha value is -2.16. The van der Waals surface area contributed by atoms with Gasteiger partial charge < -0.3 is 35.4 Å². The van der Waals surface area contributed by atoms with Crippen LogP contribution in [0.4, 0.5) is 0 Å². The van der Waals surface area contributed by atoms with E-state index in [-0.39, 0.29) is 11.3 Å². The summed E-state index contributed by atoms with van der Waals surface area (Å²) in [5, 5.41) is 61.2. The number of phenolic OH excluding ortho intramolecular Hbond substituents is 1. The normalized spacial score (nSPS) is 25.1. The van der Waals surface area contributed by atoms with Crippen molar-refractivity contribution in [1.29, 1.82) is 0 Å². The van der Waals surface area contributed by atoms with Crippen molar-refractivity contribution in [3.8, 4) is 11.5 Å². The highest BCUT2D eigenvalue weighted by atomic mass is 16.7. The fourth-order valence-electron chi connectivity index (χ4n) is 2.52. The zero-order valence-corrected chi connectivity index (χ0v) is 11.2. The number of benzene rings is 2. The Kier molecular flexibility index (Phi) is 2.96. The monoisotopic (exact) mass is 306 g/mol. The summed E-state index contributed by atoms with van der Waals surface area (Å²) in [7, 11) is 0. The van der Waals surface area contributed by atoms with Crippen LogP contribution in [0.2, 0.25) is 0 Å². The fourth-order valence-corrected chi connectivity index (χ4v) is 2.52. The van der Waals surface area contributed by atoms with Gasteiger partial charge in [0.05, 0.1) is 0 Å². The molecule has 7 heteroatoms. The molecule has 0 amide bonds. The smallest absolute Gasteiger partial charge is 0.296 e. The lowest BCUT2D eigenvalue weighted by Gasteiger charge is -2.49. The van der Waals surface area contributed by atoms with Crippen LogP contribution < -0.4 is 4.74 Å². The predicted molar refractivity (Wildman–Crippen MR) is 72.4 cm³/mol. The Morgan fingerprint density at radius 2 is 1.41 bits per heavy atom. The second kappa shape index (κ2) is 4.42. The van der Waals surface area contributed by atoms with Crippen LogP contribution in [0.3, 0.4) is 0 Å². The molecular weight excluding hydrogens is 292 g/mol. The maximum Gasteiger partial charge on any atom is 0.296 e. The van der Waals surface area contributed by atoms with Gasteiger partial charge in [-0.25, -0.2) is 0 Å². The van der Waals surface area contributed by atoms with E-state index in [0.717, 1.165) is 6.07 Å². The average molecular weight is 306 g/mol. The summed E-state index contributed by atoms with van der Waals surface area (Å²) in [5.74, 6) is -10.7. The second-order valence-electron chi connectivity index (χ2n) is 5.11. The minimum absolute atomic E-state index is 0.110. The number of hydrogen-bond donors (Lipinski definition) is 6. The van der Waals surface area contributed by atoms with E-state index in [1.807, 2.05) is 0 Å². The molecule has 0 aromatic heterocycles. The number of fused-ring (bicyclic) bond motifs is 1. The first-order chi connectivity index (χ1) is 10.2. The number of rotatable bonds is 1. The number of phenols is 1. The standard InChI is InChI=1S/C15H14O7/c16-10-7-4-8-11-12(10)13(17,18)15(20,21)14(19,22-11)9-5-2-1-3-6-9/h1-8,16-21H. The lowest BCUT2D eigenvalue weighted by Crippen LogP contribution is -2.69. The van der Waals surface area contributed by atoms with Crippen molar-refractivity contribution in [2.75, 3.05) is 0 Å². The minimum Gasteiger partial charge on any atom is -0.507 e. The first-order valence-electron chi connectivity index (χ1n) is 6.40. The summed E-state index contributed by atoms with van der Waals surface area (Å²) in [6, 6.07) is 11.0. The van der Waals surface area contributed by atoms with Crippen molar-refractivity contribution in [2.45, 2.75) is 17.4 Å². The predicted octanol–water partition coefficient (Wildman–Crippen LogP) is -0.552. The molecule has 0 saturated carbocycles. The fraction of sp³-hybridized carbons (Fsp3) is 0.200. The van der Waals surface area contributed by atoms with Crippen molar-refractivity contribution in [3.63, 3.8) is 0 Å². The van der Waals surface area contributed by atoms with Gasteiger partial charge in [0.25, 0.3) is 17.4 Å². The molecule has 116 valence electrons. The topological polar surface area (TPSA) is 131 Å². The molecule has 2 aromatic rings. The van der Waals surface area contributed by atoms with Crippen molar-refractivity contribution in [2.24, 2.45) is 0 Å². The van der Waals surface area contributed by atoms with Gasteiger partial charge in [-0.05, 0) is 12.1 Å². The van der Waals surface area contributed by atoms with Crippen LogP contribution >= 0.6 is 0 Å². The number of ether oxygens (including phenoxy) is 1. The van der Waals surface area contributed by atoms with Crippen LogP contribution in [-0.2, 0) is 11.6 Å². The molecule has 7 nitrogen and oxygen atoms in total. The Labute approximate surface area is 124 Å².